The minimum atomic E-state index is -0.115. The minimum Gasteiger partial charge on any atom is -0.351 e. The van der Waals surface area contributed by atoms with E-state index in [0.29, 0.717) is 12.1 Å². The van der Waals surface area contributed by atoms with Crippen LogP contribution in [0.2, 0.25) is 0 Å². The van der Waals surface area contributed by atoms with Crippen LogP contribution in [0.25, 0.3) is 10.9 Å². The molecule has 0 aliphatic heterocycles. The van der Waals surface area contributed by atoms with Crippen LogP contribution in [0.5, 0.6) is 0 Å². The molecule has 1 aromatic carbocycles. The maximum absolute atomic E-state index is 12.0. The molecule has 0 bridgehead atoms. The van der Waals surface area contributed by atoms with Gasteiger partial charge in [0.1, 0.15) is 0 Å². The average Bonchev–Trinajstić information content (AvgIpc) is 2.35. The minimum absolute atomic E-state index is 0.0768. The molecule has 0 aliphatic rings. The quantitative estimate of drug-likeness (QED) is 0.849. The molecule has 4 heteroatoms. The first-order valence-corrected chi connectivity index (χ1v) is 5.88. The van der Waals surface area contributed by atoms with Gasteiger partial charge in [-0.25, -0.2) is 0 Å². The predicted molar refractivity (Wildman–Crippen MR) is 69.4 cm³/mol. The van der Waals surface area contributed by atoms with E-state index in [9.17, 15) is 4.79 Å². The van der Waals surface area contributed by atoms with Crippen LogP contribution < -0.4 is 5.32 Å². The molecule has 3 nitrogen and oxygen atoms in total. The van der Waals surface area contributed by atoms with Crippen molar-refractivity contribution in [3.8, 4) is 0 Å². The van der Waals surface area contributed by atoms with E-state index in [1.807, 2.05) is 31.2 Å². The van der Waals surface area contributed by atoms with Crippen LogP contribution in [0.4, 0.5) is 0 Å². The fourth-order valence-electron chi connectivity index (χ4n) is 1.63. The molecule has 1 heterocycles. The lowest BCUT2D eigenvalue weighted by molar-refractivity contribution is 0.0955. The van der Waals surface area contributed by atoms with E-state index in [2.05, 4.69) is 10.3 Å². The summed E-state index contributed by atoms with van der Waals surface area (Å²) in [6.07, 6.45) is 1.71. The molecule has 0 spiro atoms. The summed E-state index contributed by atoms with van der Waals surface area (Å²) in [5.74, 6) is -0.115. The van der Waals surface area contributed by atoms with Gasteiger partial charge >= 0.3 is 0 Å². The van der Waals surface area contributed by atoms with Crippen LogP contribution in [0.1, 0.15) is 17.3 Å². The lowest BCUT2D eigenvalue weighted by atomic mass is 10.1. The van der Waals surface area contributed by atoms with Gasteiger partial charge in [-0.15, -0.1) is 11.6 Å². The number of nitrogens with zero attached hydrogens (tertiary/aromatic N) is 1. The monoisotopic (exact) mass is 248 g/mol. The van der Waals surface area contributed by atoms with Crippen molar-refractivity contribution in [3.63, 3.8) is 0 Å². The Morgan fingerprint density at radius 2 is 2.24 bits per heavy atom. The number of nitrogens with one attached hydrogen (secondary N) is 1. The molecule has 2 aromatic rings. The van der Waals surface area contributed by atoms with Crippen LogP contribution in [0.3, 0.4) is 0 Å². The van der Waals surface area contributed by atoms with Gasteiger partial charge in [-0.2, -0.15) is 0 Å². The maximum Gasteiger partial charge on any atom is 0.252 e. The Kier molecular flexibility index (Phi) is 3.59. The Hall–Kier alpha value is -1.61. The van der Waals surface area contributed by atoms with Gasteiger partial charge in [-0.05, 0) is 25.1 Å². The van der Waals surface area contributed by atoms with Crippen LogP contribution in [0.15, 0.2) is 36.5 Å². The van der Waals surface area contributed by atoms with E-state index in [1.54, 1.807) is 12.3 Å². The Bertz CT molecular complexity index is 534. The number of pyridine rings is 1. The zero-order valence-electron chi connectivity index (χ0n) is 9.48. The summed E-state index contributed by atoms with van der Waals surface area (Å²) >= 11 is 5.80. The molecule has 0 radical (unpaired) electrons. The third-order valence-electron chi connectivity index (χ3n) is 2.43. The number of halogens is 1. The number of carbonyl (C=O) groups is 1. The number of aromatic nitrogens is 1. The highest BCUT2D eigenvalue weighted by atomic mass is 35.5. The van der Waals surface area contributed by atoms with E-state index in [0.717, 1.165) is 10.9 Å². The fraction of sp³-hybridized carbons (Fsp3) is 0.231. The van der Waals surface area contributed by atoms with Crippen LogP contribution in [-0.2, 0) is 0 Å². The summed E-state index contributed by atoms with van der Waals surface area (Å²) in [4.78, 5) is 16.2. The topological polar surface area (TPSA) is 42.0 Å². The Labute approximate surface area is 105 Å². The van der Waals surface area contributed by atoms with Crippen LogP contribution >= 0.6 is 11.6 Å². The van der Waals surface area contributed by atoms with Crippen molar-refractivity contribution in [1.29, 1.82) is 0 Å². The molecule has 1 aromatic heterocycles. The SMILES string of the molecule is CC(Cl)CNC(=O)c1cccc2ncccc12. The number of alkyl halides is 1. The molecule has 0 fully saturated rings. The van der Waals surface area contributed by atoms with Crippen molar-refractivity contribution in [2.45, 2.75) is 12.3 Å². The third-order valence-corrected chi connectivity index (χ3v) is 2.59. The fourth-order valence-corrected chi connectivity index (χ4v) is 1.71. The number of hydrogen-bond acceptors (Lipinski definition) is 2. The predicted octanol–water partition coefficient (Wildman–Crippen LogP) is 2.59. The summed E-state index contributed by atoms with van der Waals surface area (Å²) in [5, 5.41) is 3.57. The van der Waals surface area contributed by atoms with E-state index in [-0.39, 0.29) is 11.3 Å². The smallest absolute Gasteiger partial charge is 0.252 e. The van der Waals surface area contributed by atoms with Gasteiger partial charge in [0.05, 0.1) is 5.52 Å². The summed E-state index contributed by atoms with van der Waals surface area (Å²) < 4.78 is 0. The molecule has 1 atom stereocenters. The van der Waals surface area contributed by atoms with Crippen LogP contribution in [-0.4, -0.2) is 22.8 Å². The molecular formula is C13H13ClN2O. The van der Waals surface area contributed by atoms with Gasteiger partial charge in [0.2, 0.25) is 0 Å². The zero-order chi connectivity index (χ0) is 12.3. The molecule has 0 saturated heterocycles. The molecule has 1 amide bonds. The molecular weight excluding hydrogens is 236 g/mol. The van der Waals surface area contributed by atoms with Gasteiger partial charge in [-0.1, -0.05) is 12.1 Å². The normalized spacial score (nSPS) is 12.4. The largest absolute Gasteiger partial charge is 0.351 e. The van der Waals surface area contributed by atoms with Gasteiger partial charge in [-0.3, -0.25) is 9.78 Å². The number of fused-ring (bicyclic) bond motifs is 1. The van der Waals surface area contributed by atoms with E-state index < -0.39 is 0 Å². The summed E-state index contributed by atoms with van der Waals surface area (Å²) in [6, 6.07) is 9.22. The molecule has 0 saturated carbocycles. The molecule has 1 N–H and O–H groups in total. The Morgan fingerprint density at radius 3 is 3.00 bits per heavy atom. The first-order chi connectivity index (χ1) is 8.18. The highest BCUT2D eigenvalue weighted by Crippen LogP contribution is 2.16. The Morgan fingerprint density at radius 1 is 1.41 bits per heavy atom. The second-order valence-electron chi connectivity index (χ2n) is 3.87. The highest BCUT2D eigenvalue weighted by Gasteiger charge is 2.10. The van der Waals surface area contributed by atoms with E-state index >= 15 is 0 Å². The third kappa shape index (κ3) is 2.74. The van der Waals surface area contributed by atoms with Gasteiger partial charge in [0.25, 0.3) is 5.91 Å². The number of carbonyl (C=O) groups excluding carboxylic acids is 1. The lowest BCUT2D eigenvalue weighted by Crippen LogP contribution is -2.28. The first kappa shape index (κ1) is 11.9. The highest BCUT2D eigenvalue weighted by molar-refractivity contribution is 6.20. The lowest BCUT2D eigenvalue weighted by Gasteiger charge is -2.08. The first-order valence-electron chi connectivity index (χ1n) is 5.44. The van der Waals surface area contributed by atoms with Crippen LogP contribution in [0, 0.1) is 0 Å². The number of rotatable bonds is 3. The second kappa shape index (κ2) is 5.15. The Balaban J connectivity index is 2.32. The van der Waals surface area contributed by atoms with Crippen molar-refractivity contribution >= 4 is 28.4 Å². The summed E-state index contributed by atoms with van der Waals surface area (Å²) in [6.45, 7) is 2.30. The van der Waals surface area contributed by atoms with Crippen molar-refractivity contribution < 1.29 is 4.79 Å². The van der Waals surface area contributed by atoms with E-state index in [4.69, 9.17) is 11.6 Å². The second-order valence-corrected chi connectivity index (χ2v) is 4.61. The molecule has 1 unspecified atom stereocenters. The summed E-state index contributed by atoms with van der Waals surface area (Å²) in [5.41, 5.74) is 1.45. The number of benzene rings is 1. The van der Waals surface area contributed by atoms with Crippen molar-refractivity contribution in [3.05, 3.63) is 42.1 Å². The van der Waals surface area contributed by atoms with Gasteiger partial charge in [0.15, 0.2) is 0 Å². The van der Waals surface area contributed by atoms with Crippen molar-refractivity contribution in [2.75, 3.05) is 6.54 Å². The van der Waals surface area contributed by atoms with Gasteiger partial charge < -0.3 is 5.32 Å². The zero-order valence-corrected chi connectivity index (χ0v) is 10.2. The van der Waals surface area contributed by atoms with Crippen molar-refractivity contribution in [2.24, 2.45) is 0 Å². The molecule has 17 heavy (non-hydrogen) atoms. The van der Waals surface area contributed by atoms with E-state index in [1.165, 1.54) is 0 Å². The molecule has 2 rings (SSSR count). The average molecular weight is 249 g/mol. The molecule has 0 aliphatic carbocycles. The maximum atomic E-state index is 12.0. The number of hydrogen-bond donors (Lipinski definition) is 1. The number of amides is 1. The van der Waals surface area contributed by atoms with Crippen molar-refractivity contribution in [1.82, 2.24) is 10.3 Å². The molecule has 88 valence electrons. The van der Waals surface area contributed by atoms with Gasteiger partial charge in [0, 0.05) is 29.1 Å². The summed E-state index contributed by atoms with van der Waals surface area (Å²) in [7, 11) is 0. The standard InChI is InChI=1S/C13H13ClN2O/c1-9(14)8-16-13(17)11-4-2-6-12-10(11)5-3-7-15-12/h2-7,9H,8H2,1H3,(H,16,17).